The predicted octanol–water partition coefficient (Wildman–Crippen LogP) is 2.66. The molecular formula is C16H19NO. The van der Waals surface area contributed by atoms with Crippen molar-refractivity contribution in [3.05, 3.63) is 48.0 Å². The summed E-state index contributed by atoms with van der Waals surface area (Å²) in [5, 5.41) is 16.7. The zero-order valence-corrected chi connectivity index (χ0v) is 10.7. The molecule has 2 nitrogen and oxygen atoms in total. The first-order chi connectivity index (χ1) is 8.70. The maximum Gasteiger partial charge on any atom is 0.0946 e. The summed E-state index contributed by atoms with van der Waals surface area (Å²) in [5.41, 5.74) is 0.366. The third-order valence-electron chi connectivity index (χ3n) is 4.20. The number of aliphatic hydroxyl groups is 1. The lowest BCUT2D eigenvalue weighted by Gasteiger charge is -2.39. The number of nitrogens with one attached hydrogen (secondary N) is 1. The third kappa shape index (κ3) is 1.82. The molecule has 1 saturated heterocycles. The molecule has 0 bridgehead atoms. The van der Waals surface area contributed by atoms with E-state index in [2.05, 4.69) is 42.6 Å². The molecule has 0 aromatic heterocycles. The Labute approximate surface area is 108 Å². The first-order valence-electron chi connectivity index (χ1n) is 6.62. The van der Waals surface area contributed by atoms with Gasteiger partial charge in [0.1, 0.15) is 0 Å². The highest BCUT2D eigenvalue weighted by Gasteiger charge is 2.37. The van der Waals surface area contributed by atoms with E-state index in [4.69, 9.17) is 0 Å². The molecule has 2 heteroatoms. The monoisotopic (exact) mass is 241 g/mol. The van der Waals surface area contributed by atoms with Gasteiger partial charge in [0.25, 0.3) is 0 Å². The Kier molecular flexibility index (Phi) is 2.84. The van der Waals surface area contributed by atoms with Gasteiger partial charge in [-0.2, -0.15) is 0 Å². The van der Waals surface area contributed by atoms with Crippen molar-refractivity contribution >= 4 is 10.8 Å². The summed E-state index contributed by atoms with van der Waals surface area (Å²) < 4.78 is 0. The van der Waals surface area contributed by atoms with Crippen molar-refractivity contribution in [2.75, 3.05) is 13.1 Å². The van der Waals surface area contributed by atoms with Crippen LogP contribution in [0.5, 0.6) is 0 Å². The van der Waals surface area contributed by atoms with E-state index in [1.165, 1.54) is 10.8 Å². The van der Waals surface area contributed by atoms with Crippen molar-refractivity contribution in [1.82, 2.24) is 5.32 Å². The zero-order chi connectivity index (χ0) is 12.6. The standard InChI is InChI=1S/C16H19NO/c1-12-11-17-9-8-16(12,18)15-7-6-13-4-2-3-5-14(13)10-15/h2-7,10,12,17-18H,8-9,11H2,1H3. The summed E-state index contributed by atoms with van der Waals surface area (Å²) in [5.74, 6) is 0.243. The third-order valence-corrected chi connectivity index (χ3v) is 4.20. The lowest BCUT2D eigenvalue weighted by atomic mass is 9.77. The second-order valence-electron chi connectivity index (χ2n) is 5.34. The zero-order valence-electron chi connectivity index (χ0n) is 10.7. The maximum absolute atomic E-state index is 10.9. The van der Waals surface area contributed by atoms with Gasteiger partial charge in [-0.15, -0.1) is 0 Å². The van der Waals surface area contributed by atoms with E-state index >= 15 is 0 Å². The molecule has 2 atom stereocenters. The Hall–Kier alpha value is -1.38. The number of hydrogen-bond acceptors (Lipinski definition) is 2. The van der Waals surface area contributed by atoms with Gasteiger partial charge in [-0.25, -0.2) is 0 Å². The summed E-state index contributed by atoms with van der Waals surface area (Å²) in [6.07, 6.45) is 0.784. The minimum absolute atomic E-state index is 0.243. The molecule has 2 aromatic carbocycles. The lowest BCUT2D eigenvalue weighted by Crippen LogP contribution is -2.46. The largest absolute Gasteiger partial charge is 0.385 e. The molecule has 94 valence electrons. The second-order valence-corrected chi connectivity index (χ2v) is 5.34. The quantitative estimate of drug-likeness (QED) is 0.804. The van der Waals surface area contributed by atoms with Crippen molar-refractivity contribution in [3.8, 4) is 0 Å². The van der Waals surface area contributed by atoms with Crippen LogP contribution in [0.15, 0.2) is 42.5 Å². The van der Waals surface area contributed by atoms with Crippen LogP contribution in [0.25, 0.3) is 10.8 Å². The molecule has 2 N–H and O–H groups in total. The predicted molar refractivity (Wildman–Crippen MR) is 74.5 cm³/mol. The molecule has 0 spiro atoms. The van der Waals surface area contributed by atoms with Crippen molar-refractivity contribution < 1.29 is 5.11 Å². The fourth-order valence-electron chi connectivity index (χ4n) is 2.90. The number of piperidine rings is 1. The Bertz CT molecular complexity index is 566. The molecule has 2 unspecified atom stereocenters. The average molecular weight is 241 g/mol. The normalized spacial score (nSPS) is 28.4. The highest BCUT2D eigenvalue weighted by atomic mass is 16.3. The Morgan fingerprint density at radius 2 is 1.94 bits per heavy atom. The molecule has 0 amide bonds. The van der Waals surface area contributed by atoms with E-state index in [0.717, 1.165) is 25.1 Å². The SMILES string of the molecule is CC1CNCCC1(O)c1ccc2ccccc2c1. The number of fused-ring (bicyclic) bond motifs is 1. The fraction of sp³-hybridized carbons (Fsp3) is 0.375. The first-order valence-corrected chi connectivity index (χ1v) is 6.62. The van der Waals surface area contributed by atoms with Crippen molar-refractivity contribution in [3.63, 3.8) is 0 Å². The molecule has 0 saturated carbocycles. The van der Waals surface area contributed by atoms with Crippen molar-refractivity contribution in [2.45, 2.75) is 18.9 Å². The smallest absolute Gasteiger partial charge is 0.0946 e. The van der Waals surface area contributed by atoms with Crippen molar-refractivity contribution in [1.29, 1.82) is 0 Å². The highest BCUT2D eigenvalue weighted by molar-refractivity contribution is 5.83. The van der Waals surface area contributed by atoms with Crippen LogP contribution in [0.3, 0.4) is 0 Å². The van der Waals surface area contributed by atoms with Gasteiger partial charge in [0.05, 0.1) is 5.60 Å². The van der Waals surface area contributed by atoms with E-state index in [0.29, 0.717) is 0 Å². The van der Waals surface area contributed by atoms with E-state index in [9.17, 15) is 5.11 Å². The van der Waals surface area contributed by atoms with Crippen LogP contribution in [0.2, 0.25) is 0 Å². The van der Waals surface area contributed by atoms with Gasteiger partial charge in [-0.3, -0.25) is 0 Å². The van der Waals surface area contributed by atoms with E-state index in [1.807, 2.05) is 12.1 Å². The number of benzene rings is 2. The molecule has 1 aliphatic rings. The van der Waals surface area contributed by atoms with Crippen LogP contribution in [0, 0.1) is 5.92 Å². The van der Waals surface area contributed by atoms with Gasteiger partial charge in [-0.05, 0) is 35.4 Å². The first kappa shape index (κ1) is 11.7. The van der Waals surface area contributed by atoms with Crippen LogP contribution < -0.4 is 5.32 Å². The van der Waals surface area contributed by atoms with Crippen LogP contribution in [0.4, 0.5) is 0 Å². The van der Waals surface area contributed by atoms with Gasteiger partial charge in [-0.1, -0.05) is 43.3 Å². The molecule has 0 radical (unpaired) electrons. The average Bonchev–Trinajstić information content (AvgIpc) is 2.42. The topological polar surface area (TPSA) is 32.3 Å². The minimum Gasteiger partial charge on any atom is -0.385 e. The number of rotatable bonds is 1. The van der Waals surface area contributed by atoms with Crippen LogP contribution in [-0.2, 0) is 5.60 Å². The van der Waals surface area contributed by atoms with E-state index < -0.39 is 5.60 Å². The van der Waals surface area contributed by atoms with E-state index in [-0.39, 0.29) is 5.92 Å². The van der Waals surface area contributed by atoms with Gasteiger partial charge in [0.2, 0.25) is 0 Å². The maximum atomic E-state index is 10.9. The summed E-state index contributed by atoms with van der Waals surface area (Å²) in [6, 6.07) is 14.6. The van der Waals surface area contributed by atoms with Gasteiger partial charge in [0, 0.05) is 12.5 Å². The van der Waals surface area contributed by atoms with Crippen LogP contribution in [0.1, 0.15) is 18.9 Å². The summed E-state index contributed by atoms with van der Waals surface area (Å²) in [7, 11) is 0. The summed E-state index contributed by atoms with van der Waals surface area (Å²) in [6.45, 7) is 3.87. The molecule has 2 aromatic rings. The summed E-state index contributed by atoms with van der Waals surface area (Å²) >= 11 is 0. The van der Waals surface area contributed by atoms with E-state index in [1.54, 1.807) is 0 Å². The van der Waals surface area contributed by atoms with Crippen LogP contribution >= 0.6 is 0 Å². The fourth-order valence-corrected chi connectivity index (χ4v) is 2.90. The molecule has 0 aliphatic carbocycles. The minimum atomic E-state index is -0.685. The molecule has 1 heterocycles. The Morgan fingerprint density at radius 3 is 2.72 bits per heavy atom. The Morgan fingerprint density at radius 1 is 1.17 bits per heavy atom. The molecule has 1 aliphatic heterocycles. The second kappa shape index (κ2) is 4.38. The van der Waals surface area contributed by atoms with Gasteiger partial charge >= 0.3 is 0 Å². The van der Waals surface area contributed by atoms with Crippen LogP contribution in [-0.4, -0.2) is 18.2 Å². The molecular weight excluding hydrogens is 222 g/mol. The summed E-state index contributed by atoms with van der Waals surface area (Å²) in [4.78, 5) is 0. The lowest BCUT2D eigenvalue weighted by molar-refractivity contribution is -0.0391. The van der Waals surface area contributed by atoms with Crippen molar-refractivity contribution in [2.24, 2.45) is 5.92 Å². The molecule has 1 fully saturated rings. The van der Waals surface area contributed by atoms with Gasteiger partial charge < -0.3 is 10.4 Å². The molecule has 3 rings (SSSR count). The molecule has 18 heavy (non-hydrogen) atoms. The van der Waals surface area contributed by atoms with Gasteiger partial charge in [0.15, 0.2) is 0 Å². The highest BCUT2D eigenvalue weighted by Crippen LogP contribution is 2.36. The number of hydrogen-bond donors (Lipinski definition) is 2. The Balaban J connectivity index is 2.07.